The molecule has 3 fully saturated rings. The highest BCUT2D eigenvalue weighted by Crippen LogP contribution is 2.47. The van der Waals surface area contributed by atoms with Gasteiger partial charge in [0, 0.05) is 0 Å². The van der Waals surface area contributed by atoms with E-state index in [2.05, 4.69) is 0 Å². The van der Waals surface area contributed by atoms with Crippen molar-refractivity contribution in [1.29, 1.82) is 0 Å². The highest BCUT2D eigenvalue weighted by atomic mass is 14.4. The van der Waals surface area contributed by atoms with Crippen LogP contribution in [0.2, 0.25) is 0 Å². The maximum atomic E-state index is 1.62. The summed E-state index contributed by atoms with van der Waals surface area (Å²) in [5.74, 6) is 4.57. The van der Waals surface area contributed by atoms with Crippen LogP contribution in [0.15, 0.2) is 0 Å². The smallest absolute Gasteiger partial charge is 0.0383 e. The number of hydrogen-bond donors (Lipinski definition) is 0. The molecule has 3 rings (SSSR count). The topological polar surface area (TPSA) is 0 Å². The van der Waals surface area contributed by atoms with Crippen LogP contribution >= 0.6 is 0 Å². The number of rotatable bonds is 1. The fraction of sp³-hybridized carbons (Fsp3) is 1.00. The zero-order chi connectivity index (χ0) is 10.8. The first-order valence-corrected chi connectivity index (χ1v) is 7.93. The molecule has 0 N–H and O–H groups in total. The minimum Gasteiger partial charge on any atom is -0.0533 e. The van der Waals surface area contributed by atoms with Crippen LogP contribution in [-0.2, 0) is 0 Å². The van der Waals surface area contributed by atoms with E-state index in [-0.39, 0.29) is 0 Å². The predicted octanol–water partition coefficient (Wildman–Crippen LogP) is 5.17. The first-order chi connectivity index (χ1) is 7.93. The van der Waals surface area contributed by atoms with Crippen LogP contribution in [-0.4, -0.2) is 0 Å². The SMILES string of the molecule is C1CCC([C@@H]2CC[C@@H]3CCCCC3C2)CC1. The van der Waals surface area contributed by atoms with Gasteiger partial charge >= 0.3 is 0 Å². The molecule has 0 saturated heterocycles. The average molecular weight is 220 g/mol. The summed E-state index contributed by atoms with van der Waals surface area (Å²) in [7, 11) is 0. The van der Waals surface area contributed by atoms with Crippen molar-refractivity contribution in [3.63, 3.8) is 0 Å². The van der Waals surface area contributed by atoms with Crippen molar-refractivity contribution in [2.45, 2.75) is 77.0 Å². The Kier molecular flexibility index (Phi) is 3.54. The molecule has 1 unspecified atom stereocenters. The van der Waals surface area contributed by atoms with E-state index in [4.69, 9.17) is 0 Å². The molecule has 0 heterocycles. The van der Waals surface area contributed by atoms with Gasteiger partial charge in [0.1, 0.15) is 0 Å². The third-order valence-corrected chi connectivity index (χ3v) is 5.90. The summed E-state index contributed by atoms with van der Waals surface area (Å²) in [4.78, 5) is 0. The predicted molar refractivity (Wildman–Crippen MR) is 69.4 cm³/mol. The van der Waals surface area contributed by atoms with E-state index < -0.39 is 0 Å². The molecule has 3 aliphatic rings. The van der Waals surface area contributed by atoms with Gasteiger partial charge in [0.2, 0.25) is 0 Å². The summed E-state index contributed by atoms with van der Waals surface area (Å²) >= 11 is 0. The summed E-state index contributed by atoms with van der Waals surface area (Å²) in [6.07, 6.45) is 18.8. The molecule has 0 spiro atoms. The van der Waals surface area contributed by atoms with E-state index >= 15 is 0 Å². The number of hydrogen-bond acceptors (Lipinski definition) is 0. The van der Waals surface area contributed by atoms with Crippen molar-refractivity contribution >= 4 is 0 Å². The van der Waals surface area contributed by atoms with Crippen LogP contribution in [0, 0.1) is 23.7 Å². The molecule has 3 saturated carbocycles. The highest BCUT2D eigenvalue weighted by Gasteiger charge is 2.35. The molecule has 0 aromatic rings. The quantitative estimate of drug-likeness (QED) is 0.571. The maximum Gasteiger partial charge on any atom is -0.0383 e. The normalized spacial score (nSPS) is 41.6. The lowest BCUT2D eigenvalue weighted by Crippen LogP contribution is -2.31. The standard InChI is InChI=1S/C16H28/c1-2-6-13(7-3-1)16-11-10-14-8-4-5-9-15(14)12-16/h13-16H,1-12H2/t14-,15?,16+/m0/s1. The first kappa shape index (κ1) is 11.1. The Hall–Kier alpha value is 0. The van der Waals surface area contributed by atoms with Crippen LogP contribution in [0.4, 0.5) is 0 Å². The largest absolute Gasteiger partial charge is 0.0533 e. The van der Waals surface area contributed by atoms with Crippen molar-refractivity contribution < 1.29 is 0 Å². The molecule has 0 heteroatoms. The average Bonchev–Trinajstić information content (AvgIpc) is 2.39. The third kappa shape index (κ3) is 2.31. The van der Waals surface area contributed by atoms with Crippen molar-refractivity contribution in [1.82, 2.24) is 0 Å². The fourth-order valence-corrected chi connectivity index (χ4v) is 4.94. The van der Waals surface area contributed by atoms with E-state index in [9.17, 15) is 0 Å². The third-order valence-electron chi connectivity index (χ3n) is 5.90. The van der Waals surface area contributed by atoms with Crippen molar-refractivity contribution in [2.75, 3.05) is 0 Å². The Bertz CT molecular complexity index is 211. The van der Waals surface area contributed by atoms with E-state index in [0.717, 1.165) is 23.7 Å². The van der Waals surface area contributed by atoms with Crippen LogP contribution in [0.1, 0.15) is 77.0 Å². The summed E-state index contributed by atoms with van der Waals surface area (Å²) < 4.78 is 0. The molecule has 0 aliphatic heterocycles. The van der Waals surface area contributed by atoms with E-state index in [0.29, 0.717) is 0 Å². The van der Waals surface area contributed by atoms with Gasteiger partial charge in [-0.1, -0.05) is 57.8 Å². The summed E-state index contributed by atoms with van der Waals surface area (Å²) in [5.41, 5.74) is 0. The Balaban J connectivity index is 1.57. The van der Waals surface area contributed by atoms with Crippen molar-refractivity contribution in [3.05, 3.63) is 0 Å². The van der Waals surface area contributed by atoms with Crippen molar-refractivity contribution in [2.24, 2.45) is 23.7 Å². The minimum atomic E-state index is 1.14. The fourth-order valence-electron chi connectivity index (χ4n) is 4.94. The molecule has 0 nitrogen and oxygen atoms in total. The van der Waals surface area contributed by atoms with Gasteiger partial charge in [-0.2, -0.15) is 0 Å². The van der Waals surface area contributed by atoms with Gasteiger partial charge < -0.3 is 0 Å². The lowest BCUT2D eigenvalue weighted by molar-refractivity contribution is 0.0858. The van der Waals surface area contributed by atoms with Crippen LogP contribution in [0.25, 0.3) is 0 Å². The molecule has 3 atom stereocenters. The van der Waals surface area contributed by atoms with E-state index in [1.54, 1.807) is 51.4 Å². The van der Waals surface area contributed by atoms with Gasteiger partial charge in [-0.3, -0.25) is 0 Å². The lowest BCUT2D eigenvalue weighted by atomic mass is 9.63. The molecule has 92 valence electrons. The van der Waals surface area contributed by atoms with Crippen LogP contribution in [0.3, 0.4) is 0 Å². The molecule has 0 radical (unpaired) electrons. The van der Waals surface area contributed by atoms with E-state index in [1.807, 2.05) is 0 Å². The van der Waals surface area contributed by atoms with Gasteiger partial charge in [0.05, 0.1) is 0 Å². The van der Waals surface area contributed by atoms with E-state index in [1.165, 1.54) is 25.7 Å². The molecule has 3 aliphatic carbocycles. The Labute approximate surface area is 101 Å². The van der Waals surface area contributed by atoms with Crippen LogP contribution in [0.5, 0.6) is 0 Å². The Morgan fingerprint density at radius 3 is 1.56 bits per heavy atom. The first-order valence-electron chi connectivity index (χ1n) is 7.93. The molecule has 16 heavy (non-hydrogen) atoms. The van der Waals surface area contributed by atoms with Crippen molar-refractivity contribution in [3.8, 4) is 0 Å². The zero-order valence-corrected chi connectivity index (χ0v) is 10.8. The second-order valence-electron chi connectivity index (χ2n) is 6.78. The molecular weight excluding hydrogens is 192 g/mol. The van der Waals surface area contributed by atoms with Gasteiger partial charge in [-0.05, 0) is 42.9 Å². The molecule has 0 amide bonds. The van der Waals surface area contributed by atoms with Gasteiger partial charge in [0.15, 0.2) is 0 Å². The molecular formula is C16H28. The minimum absolute atomic E-state index is 1.14. The van der Waals surface area contributed by atoms with Gasteiger partial charge in [0.25, 0.3) is 0 Å². The van der Waals surface area contributed by atoms with Gasteiger partial charge in [-0.25, -0.2) is 0 Å². The molecule has 0 bridgehead atoms. The summed E-state index contributed by atoms with van der Waals surface area (Å²) in [6.45, 7) is 0. The summed E-state index contributed by atoms with van der Waals surface area (Å²) in [5, 5.41) is 0. The number of fused-ring (bicyclic) bond motifs is 1. The summed E-state index contributed by atoms with van der Waals surface area (Å²) in [6, 6.07) is 0. The maximum absolute atomic E-state index is 1.62. The second kappa shape index (κ2) is 5.10. The highest BCUT2D eigenvalue weighted by molar-refractivity contribution is 4.86. The molecule has 0 aromatic carbocycles. The zero-order valence-electron chi connectivity index (χ0n) is 10.8. The Morgan fingerprint density at radius 1 is 0.375 bits per heavy atom. The van der Waals surface area contributed by atoms with Crippen LogP contribution < -0.4 is 0 Å². The second-order valence-corrected chi connectivity index (χ2v) is 6.78. The molecule has 0 aromatic heterocycles. The lowest BCUT2D eigenvalue weighted by Gasteiger charge is -2.43. The Morgan fingerprint density at radius 2 is 0.812 bits per heavy atom. The van der Waals surface area contributed by atoms with Gasteiger partial charge in [-0.15, -0.1) is 0 Å². The monoisotopic (exact) mass is 220 g/mol.